The monoisotopic (exact) mass is 323 g/mol. The Morgan fingerprint density at radius 1 is 1.14 bits per heavy atom. The smallest absolute Gasteiger partial charge is 0.127 e. The molecule has 1 nitrogen and oxygen atoms in total. The highest BCUT2D eigenvalue weighted by atomic mass is 35.5. The highest BCUT2D eigenvalue weighted by Gasteiger charge is 2.21. The fourth-order valence-electron chi connectivity index (χ4n) is 2.38. The lowest BCUT2D eigenvalue weighted by molar-refractivity contribution is 0.619. The van der Waals surface area contributed by atoms with Crippen LogP contribution in [0.1, 0.15) is 24.0 Å². The standard InChI is InChI=1S/C17H16Cl2FN/c1-10-6-15(16(19)8-17(10)20)14-5-2-12(18)7-11(14)9-21-13-3-4-13/h2,5-8,13,21H,3-4,9H2,1H3. The first-order chi connectivity index (χ1) is 10.0. The molecule has 1 aliphatic carbocycles. The van der Waals surface area contributed by atoms with Crippen LogP contribution in [-0.4, -0.2) is 6.04 Å². The molecule has 0 unspecified atom stereocenters. The van der Waals surface area contributed by atoms with Crippen molar-refractivity contribution in [2.75, 3.05) is 0 Å². The first-order valence-electron chi connectivity index (χ1n) is 7.02. The van der Waals surface area contributed by atoms with Gasteiger partial charge in [0.1, 0.15) is 5.82 Å². The summed E-state index contributed by atoms with van der Waals surface area (Å²) in [6.45, 7) is 2.49. The lowest BCUT2D eigenvalue weighted by atomic mass is 9.98. The Bertz CT molecular complexity index is 681. The highest BCUT2D eigenvalue weighted by Crippen LogP contribution is 2.34. The average Bonchev–Trinajstić information content (AvgIpc) is 3.25. The maximum absolute atomic E-state index is 13.6. The molecule has 0 aromatic heterocycles. The molecule has 2 aromatic rings. The summed E-state index contributed by atoms with van der Waals surface area (Å²) in [4.78, 5) is 0. The Kier molecular flexibility index (Phi) is 4.21. The van der Waals surface area contributed by atoms with E-state index in [1.54, 1.807) is 13.0 Å². The van der Waals surface area contributed by atoms with Crippen LogP contribution in [0.2, 0.25) is 10.0 Å². The lowest BCUT2D eigenvalue weighted by Gasteiger charge is -2.14. The Balaban J connectivity index is 2.02. The molecule has 3 rings (SSSR count). The molecule has 1 saturated carbocycles. The molecule has 0 saturated heterocycles. The first kappa shape index (κ1) is 14.8. The maximum atomic E-state index is 13.6. The third-order valence-corrected chi connectivity index (χ3v) is 4.31. The fraction of sp³-hybridized carbons (Fsp3) is 0.294. The minimum Gasteiger partial charge on any atom is -0.310 e. The van der Waals surface area contributed by atoms with Crippen LogP contribution in [0.3, 0.4) is 0 Å². The van der Waals surface area contributed by atoms with Crippen molar-refractivity contribution >= 4 is 23.2 Å². The van der Waals surface area contributed by atoms with Gasteiger partial charge in [0.2, 0.25) is 0 Å². The number of hydrogen-bond donors (Lipinski definition) is 1. The summed E-state index contributed by atoms with van der Waals surface area (Å²) in [6, 6.07) is 9.52. The number of rotatable bonds is 4. The van der Waals surface area contributed by atoms with E-state index in [-0.39, 0.29) is 5.82 Å². The number of hydrogen-bond acceptors (Lipinski definition) is 1. The minimum absolute atomic E-state index is 0.282. The number of halogens is 3. The van der Waals surface area contributed by atoms with Gasteiger partial charge >= 0.3 is 0 Å². The van der Waals surface area contributed by atoms with Gasteiger partial charge in [0.05, 0.1) is 5.02 Å². The third-order valence-electron chi connectivity index (χ3n) is 3.76. The Morgan fingerprint density at radius 2 is 1.90 bits per heavy atom. The first-order valence-corrected chi connectivity index (χ1v) is 7.78. The molecular weight excluding hydrogens is 308 g/mol. The third kappa shape index (κ3) is 3.39. The molecule has 1 aliphatic rings. The summed E-state index contributed by atoms with van der Waals surface area (Å²) in [5, 5.41) is 4.60. The number of nitrogens with one attached hydrogen (secondary N) is 1. The van der Waals surface area contributed by atoms with Crippen LogP contribution >= 0.6 is 23.2 Å². The second-order valence-corrected chi connectivity index (χ2v) is 6.38. The molecule has 21 heavy (non-hydrogen) atoms. The molecule has 1 fully saturated rings. The van der Waals surface area contributed by atoms with Gasteiger partial charge < -0.3 is 5.32 Å². The topological polar surface area (TPSA) is 12.0 Å². The van der Waals surface area contributed by atoms with E-state index in [1.165, 1.54) is 18.9 Å². The highest BCUT2D eigenvalue weighted by molar-refractivity contribution is 6.33. The van der Waals surface area contributed by atoms with Crippen molar-refractivity contribution in [3.63, 3.8) is 0 Å². The van der Waals surface area contributed by atoms with E-state index < -0.39 is 0 Å². The summed E-state index contributed by atoms with van der Waals surface area (Å²) in [5.41, 5.74) is 3.52. The van der Waals surface area contributed by atoms with Crippen molar-refractivity contribution in [1.82, 2.24) is 5.32 Å². The molecule has 110 valence electrons. The summed E-state index contributed by atoms with van der Waals surface area (Å²) in [6.07, 6.45) is 2.46. The van der Waals surface area contributed by atoms with Gasteiger partial charge in [-0.1, -0.05) is 29.3 Å². The zero-order chi connectivity index (χ0) is 15.0. The Morgan fingerprint density at radius 3 is 2.62 bits per heavy atom. The van der Waals surface area contributed by atoms with Crippen LogP contribution in [0, 0.1) is 12.7 Å². The van der Waals surface area contributed by atoms with Crippen LogP contribution in [0.4, 0.5) is 4.39 Å². The molecule has 4 heteroatoms. The van der Waals surface area contributed by atoms with Crippen LogP contribution in [0.15, 0.2) is 30.3 Å². The van der Waals surface area contributed by atoms with Crippen LogP contribution in [0.25, 0.3) is 11.1 Å². The predicted octanol–water partition coefficient (Wildman–Crippen LogP) is 5.36. The largest absolute Gasteiger partial charge is 0.310 e. The van der Waals surface area contributed by atoms with Gasteiger partial charge in [-0.05, 0) is 60.7 Å². The van der Waals surface area contributed by atoms with E-state index in [4.69, 9.17) is 23.2 Å². The summed E-state index contributed by atoms with van der Waals surface area (Å²) >= 11 is 12.3. The van der Waals surface area contributed by atoms with Crippen molar-refractivity contribution in [1.29, 1.82) is 0 Å². The normalized spacial score (nSPS) is 14.5. The van der Waals surface area contributed by atoms with E-state index >= 15 is 0 Å². The summed E-state index contributed by atoms with van der Waals surface area (Å²) in [5.74, 6) is -0.282. The molecular formula is C17H16Cl2FN. The molecule has 0 bridgehead atoms. The molecule has 0 aliphatic heterocycles. The van der Waals surface area contributed by atoms with Crippen LogP contribution in [-0.2, 0) is 6.54 Å². The van der Waals surface area contributed by atoms with Gasteiger partial charge in [-0.15, -0.1) is 0 Å². The van der Waals surface area contributed by atoms with Gasteiger partial charge in [0.25, 0.3) is 0 Å². The quantitative estimate of drug-likeness (QED) is 0.798. The minimum atomic E-state index is -0.282. The number of aryl methyl sites for hydroxylation is 1. The average molecular weight is 324 g/mol. The van der Waals surface area contributed by atoms with Crippen molar-refractivity contribution in [2.45, 2.75) is 32.4 Å². The van der Waals surface area contributed by atoms with Gasteiger partial charge in [0, 0.05) is 23.2 Å². The van der Waals surface area contributed by atoms with E-state index in [0.29, 0.717) is 21.7 Å². The zero-order valence-corrected chi connectivity index (χ0v) is 13.2. The van der Waals surface area contributed by atoms with E-state index in [1.807, 2.05) is 18.2 Å². The lowest BCUT2D eigenvalue weighted by Crippen LogP contribution is -2.16. The molecule has 0 spiro atoms. The predicted molar refractivity (Wildman–Crippen MR) is 86.5 cm³/mol. The Labute approximate surface area is 134 Å². The molecule has 1 N–H and O–H groups in total. The zero-order valence-electron chi connectivity index (χ0n) is 11.7. The van der Waals surface area contributed by atoms with Crippen LogP contribution < -0.4 is 5.32 Å². The van der Waals surface area contributed by atoms with Gasteiger partial charge in [-0.25, -0.2) is 4.39 Å². The van der Waals surface area contributed by atoms with E-state index in [9.17, 15) is 4.39 Å². The molecule has 0 amide bonds. The maximum Gasteiger partial charge on any atom is 0.127 e. The van der Waals surface area contributed by atoms with Crippen LogP contribution in [0.5, 0.6) is 0 Å². The summed E-state index contributed by atoms with van der Waals surface area (Å²) in [7, 11) is 0. The molecule has 0 atom stereocenters. The van der Waals surface area contributed by atoms with Crippen molar-refractivity contribution in [3.05, 3.63) is 57.3 Å². The van der Waals surface area contributed by atoms with Gasteiger partial charge in [-0.3, -0.25) is 0 Å². The van der Waals surface area contributed by atoms with Gasteiger partial charge in [-0.2, -0.15) is 0 Å². The number of benzene rings is 2. The van der Waals surface area contributed by atoms with E-state index in [0.717, 1.165) is 23.2 Å². The van der Waals surface area contributed by atoms with Crippen molar-refractivity contribution < 1.29 is 4.39 Å². The van der Waals surface area contributed by atoms with E-state index in [2.05, 4.69) is 5.32 Å². The molecule has 2 aromatic carbocycles. The molecule has 0 heterocycles. The second-order valence-electron chi connectivity index (χ2n) is 5.54. The van der Waals surface area contributed by atoms with Crippen molar-refractivity contribution in [2.24, 2.45) is 0 Å². The van der Waals surface area contributed by atoms with Crippen molar-refractivity contribution in [3.8, 4) is 11.1 Å². The second kappa shape index (κ2) is 5.96. The fourth-order valence-corrected chi connectivity index (χ4v) is 2.82. The Hall–Kier alpha value is -1.09. The SMILES string of the molecule is Cc1cc(-c2ccc(Cl)cc2CNC2CC2)c(Cl)cc1F. The summed E-state index contributed by atoms with van der Waals surface area (Å²) < 4.78 is 13.6. The van der Waals surface area contributed by atoms with Gasteiger partial charge in [0.15, 0.2) is 0 Å². The molecule has 0 radical (unpaired) electrons.